The predicted molar refractivity (Wildman–Crippen MR) is 51.5 cm³/mol. The lowest BCUT2D eigenvalue weighted by Gasteiger charge is -2.11. The summed E-state index contributed by atoms with van der Waals surface area (Å²) in [6.45, 7) is 6.46. The molecule has 0 radical (unpaired) electrons. The molecule has 0 spiro atoms. The van der Waals surface area contributed by atoms with Gasteiger partial charge in [0, 0.05) is 5.57 Å². The number of hydrogen-bond acceptors (Lipinski definition) is 5. The van der Waals surface area contributed by atoms with Gasteiger partial charge in [0.15, 0.2) is 6.61 Å². The maximum absolute atomic E-state index is 11.2. The largest absolute Gasteiger partial charge is 0.463 e. The van der Waals surface area contributed by atoms with Gasteiger partial charge in [-0.2, -0.15) is 5.26 Å². The van der Waals surface area contributed by atoms with Crippen molar-refractivity contribution in [1.82, 2.24) is 0 Å². The van der Waals surface area contributed by atoms with Crippen molar-refractivity contribution >= 4 is 11.9 Å². The first-order valence-electron chi connectivity index (χ1n) is 4.44. The number of ether oxygens (including phenoxy) is 2. The Labute approximate surface area is 88.3 Å². The molecule has 0 fully saturated rings. The molecule has 5 nitrogen and oxygen atoms in total. The molecule has 0 aromatic carbocycles. The van der Waals surface area contributed by atoms with Gasteiger partial charge in [0.1, 0.15) is 6.07 Å². The van der Waals surface area contributed by atoms with Crippen LogP contribution < -0.4 is 0 Å². The van der Waals surface area contributed by atoms with Crippen molar-refractivity contribution < 1.29 is 19.1 Å². The molecular formula is C10H13NO4. The van der Waals surface area contributed by atoms with Gasteiger partial charge in [0.05, 0.1) is 12.5 Å². The Bertz CT molecular complexity index is 303. The first-order valence-corrected chi connectivity index (χ1v) is 4.44. The summed E-state index contributed by atoms with van der Waals surface area (Å²) in [6.07, 6.45) is 0. The third-order valence-electron chi connectivity index (χ3n) is 1.69. The summed E-state index contributed by atoms with van der Waals surface area (Å²) < 4.78 is 9.20. The highest BCUT2D eigenvalue weighted by atomic mass is 16.5. The first kappa shape index (κ1) is 13.2. The fourth-order valence-corrected chi connectivity index (χ4v) is 0.771. The average molecular weight is 211 g/mol. The van der Waals surface area contributed by atoms with Crippen LogP contribution in [0.4, 0.5) is 0 Å². The third-order valence-corrected chi connectivity index (χ3v) is 1.69. The Kier molecular flexibility index (Phi) is 5.79. The molecule has 5 heteroatoms. The lowest BCUT2D eigenvalue weighted by atomic mass is 10.0. The van der Waals surface area contributed by atoms with Crippen molar-refractivity contribution in [1.29, 1.82) is 5.26 Å². The van der Waals surface area contributed by atoms with Gasteiger partial charge in [-0.3, -0.25) is 4.79 Å². The molecular weight excluding hydrogens is 198 g/mol. The summed E-state index contributed by atoms with van der Waals surface area (Å²) in [5, 5.41) is 8.19. The van der Waals surface area contributed by atoms with Crippen LogP contribution in [0.5, 0.6) is 0 Å². The Morgan fingerprint density at radius 2 is 2.07 bits per heavy atom. The van der Waals surface area contributed by atoms with Crippen LogP contribution in [0.2, 0.25) is 0 Å². The van der Waals surface area contributed by atoms with Crippen LogP contribution in [0.25, 0.3) is 0 Å². The molecule has 15 heavy (non-hydrogen) atoms. The van der Waals surface area contributed by atoms with E-state index in [1.807, 2.05) is 0 Å². The van der Waals surface area contributed by atoms with E-state index >= 15 is 0 Å². The van der Waals surface area contributed by atoms with Crippen molar-refractivity contribution in [2.75, 3.05) is 13.2 Å². The van der Waals surface area contributed by atoms with Crippen molar-refractivity contribution in [3.63, 3.8) is 0 Å². The molecule has 0 aliphatic carbocycles. The number of nitrogens with zero attached hydrogens (tertiary/aromatic N) is 1. The van der Waals surface area contributed by atoms with Crippen molar-refractivity contribution in [2.24, 2.45) is 5.92 Å². The van der Waals surface area contributed by atoms with Crippen LogP contribution in [0.1, 0.15) is 13.8 Å². The molecule has 82 valence electrons. The predicted octanol–water partition coefficient (Wildman–Crippen LogP) is 0.809. The number of hydrogen-bond donors (Lipinski definition) is 0. The molecule has 0 saturated heterocycles. The highest BCUT2D eigenvalue weighted by Gasteiger charge is 2.23. The van der Waals surface area contributed by atoms with E-state index in [4.69, 9.17) is 5.26 Å². The van der Waals surface area contributed by atoms with E-state index in [1.54, 1.807) is 13.0 Å². The van der Waals surface area contributed by atoms with Crippen LogP contribution in [-0.4, -0.2) is 25.2 Å². The van der Waals surface area contributed by atoms with Gasteiger partial charge in [-0.15, -0.1) is 0 Å². The normalized spacial score (nSPS) is 11.0. The lowest BCUT2D eigenvalue weighted by molar-refractivity contribution is -0.148. The smallest absolute Gasteiger partial charge is 0.334 e. The Morgan fingerprint density at radius 3 is 2.53 bits per heavy atom. The molecule has 0 aromatic rings. The van der Waals surface area contributed by atoms with E-state index in [9.17, 15) is 9.59 Å². The molecule has 0 bridgehead atoms. The van der Waals surface area contributed by atoms with Gasteiger partial charge in [-0.05, 0) is 13.8 Å². The zero-order valence-corrected chi connectivity index (χ0v) is 8.78. The van der Waals surface area contributed by atoms with Crippen LogP contribution in [-0.2, 0) is 19.1 Å². The fraction of sp³-hybridized carbons (Fsp3) is 0.500. The second-order valence-corrected chi connectivity index (χ2v) is 2.73. The molecule has 0 aliphatic heterocycles. The maximum Gasteiger partial charge on any atom is 0.334 e. The topological polar surface area (TPSA) is 76.4 Å². The highest BCUT2D eigenvalue weighted by Crippen LogP contribution is 2.11. The minimum atomic E-state index is -0.794. The molecule has 1 atom stereocenters. The van der Waals surface area contributed by atoms with E-state index in [0.29, 0.717) is 0 Å². The van der Waals surface area contributed by atoms with Crippen LogP contribution in [0, 0.1) is 17.2 Å². The van der Waals surface area contributed by atoms with E-state index < -0.39 is 17.9 Å². The van der Waals surface area contributed by atoms with Crippen LogP contribution >= 0.6 is 0 Å². The number of esters is 2. The summed E-state index contributed by atoms with van der Waals surface area (Å²) in [5.74, 6) is -2.08. The highest BCUT2D eigenvalue weighted by molar-refractivity contribution is 5.94. The number of nitriles is 1. The van der Waals surface area contributed by atoms with E-state index in [2.05, 4.69) is 16.1 Å². The number of carbonyl (C=O) groups excluding carboxylic acids is 2. The molecule has 0 N–H and O–H groups in total. The fourth-order valence-electron chi connectivity index (χ4n) is 0.771. The first-order chi connectivity index (χ1) is 7.04. The van der Waals surface area contributed by atoms with Crippen LogP contribution in [0.3, 0.4) is 0 Å². The number of rotatable bonds is 5. The molecule has 0 rings (SSSR count). The van der Waals surface area contributed by atoms with E-state index in [-0.39, 0.29) is 18.8 Å². The molecule has 1 unspecified atom stereocenters. The molecule has 0 aromatic heterocycles. The van der Waals surface area contributed by atoms with Gasteiger partial charge in [0.25, 0.3) is 0 Å². The quantitative estimate of drug-likeness (QED) is 0.496. The summed E-state index contributed by atoms with van der Waals surface area (Å²) in [6, 6.07) is 1.66. The molecule has 0 saturated carbocycles. The van der Waals surface area contributed by atoms with Crippen molar-refractivity contribution in [3.05, 3.63) is 12.2 Å². The molecule has 0 amide bonds. The second-order valence-electron chi connectivity index (χ2n) is 2.73. The van der Waals surface area contributed by atoms with E-state index in [1.165, 1.54) is 6.92 Å². The SMILES string of the molecule is C=C(C(=O)OCC)C(C)C(=O)OCC#N. The Hall–Kier alpha value is -1.83. The van der Waals surface area contributed by atoms with Gasteiger partial charge in [-0.25, -0.2) is 4.79 Å². The zero-order chi connectivity index (χ0) is 11.8. The second kappa shape index (κ2) is 6.60. The van der Waals surface area contributed by atoms with Crippen molar-refractivity contribution in [2.45, 2.75) is 13.8 Å². The third kappa shape index (κ3) is 4.27. The standard InChI is InChI=1S/C10H13NO4/c1-4-14-9(12)7(2)8(3)10(13)15-6-5-11/h8H,2,4,6H2,1,3H3. The van der Waals surface area contributed by atoms with Crippen molar-refractivity contribution in [3.8, 4) is 6.07 Å². The average Bonchev–Trinajstić information content (AvgIpc) is 2.24. The van der Waals surface area contributed by atoms with Gasteiger partial charge >= 0.3 is 11.9 Å². The monoisotopic (exact) mass is 211 g/mol. The summed E-state index contributed by atoms with van der Waals surface area (Å²) in [5.41, 5.74) is 0.0276. The molecule has 0 heterocycles. The van der Waals surface area contributed by atoms with Gasteiger partial charge in [0.2, 0.25) is 0 Å². The minimum Gasteiger partial charge on any atom is -0.463 e. The van der Waals surface area contributed by atoms with Crippen LogP contribution in [0.15, 0.2) is 12.2 Å². The molecule has 0 aliphatic rings. The summed E-state index contributed by atoms with van der Waals surface area (Å²) in [4.78, 5) is 22.4. The lowest BCUT2D eigenvalue weighted by Crippen LogP contribution is -2.22. The maximum atomic E-state index is 11.2. The van der Waals surface area contributed by atoms with Gasteiger partial charge < -0.3 is 9.47 Å². The van der Waals surface area contributed by atoms with E-state index in [0.717, 1.165) is 0 Å². The minimum absolute atomic E-state index is 0.0276. The van der Waals surface area contributed by atoms with Gasteiger partial charge in [-0.1, -0.05) is 6.58 Å². The zero-order valence-electron chi connectivity index (χ0n) is 8.78. The summed E-state index contributed by atoms with van der Waals surface area (Å²) >= 11 is 0. The Balaban J connectivity index is 4.26. The number of carbonyl (C=O) groups is 2. The Morgan fingerprint density at radius 1 is 1.47 bits per heavy atom. The summed E-state index contributed by atoms with van der Waals surface area (Å²) in [7, 11) is 0.